The molecule has 2 aliphatic carbocycles. The average molecular weight is 714 g/mol. The Hall–Kier alpha value is -6.10. The van der Waals surface area contributed by atoms with Gasteiger partial charge in [0.05, 0.1) is 0 Å². The van der Waals surface area contributed by atoms with Crippen LogP contribution in [0.25, 0.3) is 55.3 Å². The topological polar surface area (TPSA) is 29.0 Å². The van der Waals surface area contributed by atoms with Gasteiger partial charge in [0, 0.05) is 39.0 Å². The third-order valence-electron chi connectivity index (χ3n) is 11.7. The van der Waals surface area contributed by atoms with Crippen LogP contribution in [0.2, 0.25) is 0 Å². The molecule has 0 N–H and O–H groups in total. The first-order chi connectivity index (χ1) is 26.3. The van der Waals surface area contributed by atoms with E-state index in [1.165, 1.54) is 67.2 Å². The lowest BCUT2D eigenvalue weighted by molar-refractivity contribution is 0.660. The van der Waals surface area contributed by atoms with Crippen molar-refractivity contribution in [3.8, 4) is 55.3 Å². The highest BCUT2D eigenvalue weighted by atomic mass is 32.1. The summed E-state index contributed by atoms with van der Waals surface area (Å²) in [6, 6.07) is 59.5. The highest BCUT2D eigenvalue weighted by Crippen LogP contribution is 2.52. The molecule has 0 saturated heterocycles. The highest BCUT2D eigenvalue weighted by Gasteiger charge is 2.37. The van der Waals surface area contributed by atoms with Crippen molar-refractivity contribution in [2.24, 2.45) is 0 Å². The van der Waals surface area contributed by atoms with Gasteiger partial charge in [0.15, 0.2) is 5.82 Å². The van der Waals surface area contributed by atoms with Crippen LogP contribution in [0.3, 0.4) is 0 Å². The molecular weight excluding hydrogens is 675 g/mol. The van der Waals surface area contributed by atoms with Gasteiger partial charge in [-0.25, -0.2) is 4.98 Å². The lowest BCUT2D eigenvalue weighted by atomic mass is 9.82. The Bertz CT molecular complexity index is 2720. The SMILES string of the molecule is CC1(C)c2ccccc2-c2cc(N(c3ccc(-c4ccccc4)cc3)c3cccc(-c4nc(-c5ccc6c(c5)C(C)(C)c5ccccc5-6)ns4)c3)ccc21. The Balaban J connectivity index is 1.05. The third kappa shape index (κ3) is 5.08. The minimum absolute atomic E-state index is 0.0549. The summed E-state index contributed by atoms with van der Waals surface area (Å²) in [5.74, 6) is 0.767. The maximum atomic E-state index is 5.14. The van der Waals surface area contributed by atoms with Gasteiger partial charge < -0.3 is 4.90 Å². The molecule has 0 radical (unpaired) electrons. The first-order valence-electron chi connectivity index (χ1n) is 18.7. The van der Waals surface area contributed by atoms with E-state index in [9.17, 15) is 0 Å². The highest BCUT2D eigenvalue weighted by molar-refractivity contribution is 7.09. The average Bonchev–Trinajstić information content (AvgIpc) is 3.86. The number of fused-ring (bicyclic) bond motifs is 6. The number of aromatic nitrogens is 2. The molecule has 8 aromatic rings. The van der Waals surface area contributed by atoms with Crippen LogP contribution in [-0.2, 0) is 10.8 Å². The molecule has 1 aromatic heterocycles. The maximum absolute atomic E-state index is 5.14. The van der Waals surface area contributed by atoms with Crippen molar-refractivity contribution < 1.29 is 0 Å². The summed E-state index contributed by atoms with van der Waals surface area (Å²) in [5, 5.41) is 0.902. The summed E-state index contributed by atoms with van der Waals surface area (Å²) in [7, 11) is 0. The summed E-state index contributed by atoms with van der Waals surface area (Å²) in [5.41, 5.74) is 18.3. The van der Waals surface area contributed by atoms with Crippen LogP contribution in [0.5, 0.6) is 0 Å². The van der Waals surface area contributed by atoms with Crippen molar-refractivity contribution in [3.05, 3.63) is 186 Å². The van der Waals surface area contributed by atoms with Crippen LogP contribution in [-0.4, -0.2) is 9.36 Å². The molecule has 10 rings (SSSR count). The molecule has 0 unspecified atom stereocenters. The summed E-state index contributed by atoms with van der Waals surface area (Å²) >= 11 is 1.46. The molecule has 0 amide bonds. The van der Waals surface area contributed by atoms with E-state index in [0.717, 1.165) is 39.0 Å². The summed E-state index contributed by atoms with van der Waals surface area (Å²) in [6.07, 6.45) is 0. The van der Waals surface area contributed by atoms with Crippen LogP contribution in [0.4, 0.5) is 17.1 Å². The predicted octanol–water partition coefficient (Wildman–Crippen LogP) is 13.6. The predicted molar refractivity (Wildman–Crippen MR) is 226 cm³/mol. The van der Waals surface area contributed by atoms with Gasteiger partial charge in [-0.05, 0) is 110 Å². The molecule has 3 nitrogen and oxygen atoms in total. The van der Waals surface area contributed by atoms with E-state index >= 15 is 0 Å². The fourth-order valence-electron chi connectivity index (χ4n) is 8.81. The quantitative estimate of drug-likeness (QED) is 0.172. The smallest absolute Gasteiger partial charge is 0.173 e. The Morgan fingerprint density at radius 1 is 0.407 bits per heavy atom. The zero-order valence-corrected chi connectivity index (χ0v) is 31.7. The van der Waals surface area contributed by atoms with Crippen molar-refractivity contribution in [1.82, 2.24) is 9.36 Å². The maximum Gasteiger partial charge on any atom is 0.173 e. The zero-order valence-electron chi connectivity index (χ0n) is 30.8. The minimum atomic E-state index is -0.0761. The van der Waals surface area contributed by atoms with E-state index in [1.54, 1.807) is 0 Å². The van der Waals surface area contributed by atoms with Crippen LogP contribution in [0, 0.1) is 0 Å². The van der Waals surface area contributed by atoms with Gasteiger partial charge in [-0.3, -0.25) is 0 Å². The van der Waals surface area contributed by atoms with Crippen molar-refractivity contribution >= 4 is 28.6 Å². The first-order valence-corrected chi connectivity index (χ1v) is 19.4. The van der Waals surface area contributed by atoms with Gasteiger partial charge in [-0.15, -0.1) is 0 Å². The lowest BCUT2D eigenvalue weighted by Crippen LogP contribution is -2.15. The van der Waals surface area contributed by atoms with Crippen molar-refractivity contribution in [3.63, 3.8) is 0 Å². The van der Waals surface area contributed by atoms with Crippen molar-refractivity contribution in [2.75, 3.05) is 4.90 Å². The third-order valence-corrected chi connectivity index (χ3v) is 12.4. The van der Waals surface area contributed by atoms with E-state index < -0.39 is 0 Å². The summed E-state index contributed by atoms with van der Waals surface area (Å²) in [4.78, 5) is 7.51. The fourth-order valence-corrected chi connectivity index (χ4v) is 9.49. The number of anilines is 3. The van der Waals surface area contributed by atoms with E-state index in [4.69, 9.17) is 9.36 Å². The Morgan fingerprint density at radius 2 is 0.963 bits per heavy atom. The van der Waals surface area contributed by atoms with Crippen molar-refractivity contribution in [2.45, 2.75) is 38.5 Å². The second-order valence-electron chi connectivity index (χ2n) is 15.6. The van der Waals surface area contributed by atoms with Crippen molar-refractivity contribution in [1.29, 1.82) is 0 Å². The normalized spacial score (nSPS) is 14.2. The number of nitrogens with zero attached hydrogens (tertiary/aromatic N) is 3. The fraction of sp³-hybridized carbons (Fsp3) is 0.120. The van der Waals surface area contributed by atoms with Crippen LogP contribution in [0.1, 0.15) is 49.9 Å². The first kappa shape index (κ1) is 32.5. The van der Waals surface area contributed by atoms with Crippen LogP contribution < -0.4 is 4.90 Å². The molecule has 0 atom stereocenters. The molecule has 0 spiro atoms. The molecule has 2 aliphatic rings. The number of benzene rings is 7. The Labute approximate surface area is 321 Å². The number of hydrogen-bond acceptors (Lipinski definition) is 4. The van der Waals surface area contributed by atoms with Gasteiger partial charge >= 0.3 is 0 Å². The van der Waals surface area contributed by atoms with Crippen LogP contribution in [0.15, 0.2) is 164 Å². The molecule has 54 heavy (non-hydrogen) atoms. The second kappa shape index (κ2) is 12.2. The standard InChI is InChI=1S/C50H39N3S/c1-49(2)44-20-11-9-18-40(44)42-31-38(26-28-45(42)49)53(36-24-21-33(22-25-36)32-13-6-5-7-14-32)37-16-12-15-35(29-37)48-51-47(52-54-48)34-23-27-41-39-17-8-10-19-43(39)50(3,4)46(41)30-34/h5-31H,1-4H3. The molecule has 0 bridgehead atoms. The van der Waals surface area contributed by atoms with Gasteiger partial charge in [0.2, 0.25) is 0 Å². The molecule has 260 valence electrons. The molecule has 4 heteroatoms. The van der Waals surface area contributed by atoms with Gasteiger partial charge in [0.1, 0.15) is 5.01 Å². The van der Waals surface area contributed by atoms with E-state index in [1.807, 2.05) is 0 Å². The molecule has 0 fully saturated rings. The molecule has 0 aliphatic heterocycles. The lowest BCUT2D eigenvalue weighted by Gasteiger charge is -2.27. The van der Waals surface area contributed by atoms with E-state index in [0.29, 0.717) is 0 Å². The summed E-state index contributed by atoms with van der Waals surface area (Å²) in [6.45, 7) is 9.29. The number of hydrogen-bond donors (Lipinski definition) is 0. The van der Waals surface area contributed by atoms with Crippen LogP contribution >= 0.6 is 11.5 Å². The molecule has 1 heterocycles. The second-order valence-corrected chi connectivity index (χ2v) is 16.3. The van der Waals surface area contributed by atoms with E-state index in [-0.39, 0.29) is 10.8 Å². The van der Waals surface area contributed by atoms with Gasteiger partial charge in [-0.2, -0.15) is 4.37 Å². The van der Waals surface area contributed by atoms with Gasteiger partial charge in [0.25, 0.3) is 0 Å². The molecule has 7 aromatic carbocycles. The zero-order chi connectivity index (χ0) is 36.6. The van der Waals surface area contributed by atoms with Gasteiger partial charge in [-0.1, -0.05) is 149 Å². The Kier molecular flexibility index (Phi) is 7.37. The Morgan fingerprint density at radius 3 is 1.72 bits per heavy atom. The monoisotopic (exact) mass is 713 g/mol. The molecule has 0 saturated carbocycles. The largest absolute Gasteiger partial charge is 0.310 e. The minimum Gasteiger partial charge on any atom is -0.310 e. The summed E-state index contributed by atoms with van der Waals surface area (Å²) < 4.78 is 4.91. The van der Waals surface area contributed by atoms with E-state index in [2.05, 4.69) is 196 Å². The molecular formula is C50H39N3S. The number of rotatable bonds is 6.